The van der Waals surface area contributed by atoms with Gasteiger partial charge in [-0.3, -0.25) is 9.59 Å². The molecule has 90 valence electrons. The smallest absolute Gasteiger partial charge is 0.241 e. The Morgan fingerprint density at radius 3 is 2.94 bits per heavy atom. The Balaban J connectivity index is 2.09. The highest BCUT2D eigenvalue weighted by molar-refractivity contribution is 6.31. The minimum atomic E-state index is -0.145. The third-order valence-corrected chi connectivity index (χ3v) is 2.92. The van der Waals surface area contributed by atoms with Crippen molar-refractivity contribution in [3.8, 4) is 0 Å². The largest absolute Gasteiger partial charge is 0.325 e. The molecule has 2 N–H and O–H groups in total. The van der Waals surface area contributed by atoms with Gasteiger partial charge in [-0.2, -0.15) is 0 Å². The first-order valence-electron chi connectivity index (χ1n) is 5.49. The van der Waals surface area contributed by atoms with E-state index in [2.05, 4.69) is 10.6 Å². The van der Waals surface area contributed by atoms with Gasteiger partial charge in [-0.15, -0.1) is 0 Å². The number of anilines is 1. The quantitative estimate of drug-likeness (QED) is 0.807. The van der Waals surface area contributed by atoms with Gasteiger partial charge in [-0.25, -0.2) is 0 Å². The fourth-order valence-electron chi connectivity index (χ4n) is 1.89. The highest BCUT2D eigenvalue weighted by atomic mass is 35.5. The molecule has 0 bridgehead atoms. The normalized spacial score (nSPS) is 19.0. The van der Waals surface area contributed by atoms with Gasteiger partial charge in [0.05, 0.1) is 6.04 Å². The summed E-state index contributed by atoms with van der Waals surface area (Å²) in [5.74, 6) is -0.0818. The number of hydrogen-bond acceptors (Lipinski definition) is 3. The van der Waals surface area contributed by atoms with Crippen LogP contribution in [-0.4, -0.2) is 24.8 Å². The number of amides is 1. The molecule has 1 amide bonds. The Morgan fingerprint density at radius 2 is 2.29 bits per heavy atom. The average Bonchev–Trinajstić information content (AvgIpc) is 2.81. The Morgan fingerprint density at radius 1 is 1.47 bits per heavy atom. The van der Waals surface area contributed by atoms with Crippen LogP contribution in [0.3, 0.4) is 0 Å². The van der Waals surface area contributed by atoms with E-state index in [-0.39, 0.29) is 11.9 Å². The van der Waals surface area contributed by atoms with E-state index in [4.69, 9.17) is 11.6 Å². The molecule has 1 saturated heterocycles. The summed E-state index contributed by atoms with van der Waals surface area (Å²) in [4.78, 5) is 22.5. The minimum absolute atomic E-state index is 0.0818. The minimum Gasteiger partial charge on any atom is -0.325 e. The third-order valence-electron chi connectivity index (χ3n) is 2.70. The van der Waals surface area contributed by atoms with Crippen LogP contribution in [-0.2, 0) is 4.79 Å². The molecular formula is C12H13ClN2O2. The Bertz CT molecular complexity index is 442. The van der Waals surface area contributed by atoms with Gasteiger partial charge in [0.1, 0.15) is 6.29 Å². The van der Waals surface area contributed by atoms with E-state index in [1.165, 1.54) is 0 Å². The third kappa shape index (κ3) is 3.05. The van der Waals surface area contributed by atoms with E-state index in [1.807, 2.05) is 0 Å². The SMILES string of the molecule is O=Cc1cc(Cl)cc(NC(=O)C2CCCN2)c1. The molecule has 1 aliphatic rings. The summed E-state index contributed by atoms with van der Waals surface area (Å²) in [6, 6.07) is 4.64. The number of carbonyl (C=O) groups excluding carboxylic acids is 2. The van der Waals surface area contributed by atoms with Crippen molar-refractivity contribution in [2.24, 2.45) is 0 Å². The Kier molecular flexibility index (Phi) is 3.76. The van der Waals surface area contributed by atoms with E-state index in [9.17, 15) is 9.59 Å². The van der Waals surface area contributed by atoms with Gasteiger partial charge < -0.3 is 10.6 Å². The van der Waals surface area contributed by atoms with Crippen LogP contribution in [0.5, 0.6) is 0 Å². The zero-order valence-corrected chi connectivity index (χ0v) is 9.96. The highest BCUT2D eigenvalue weighted by Gasteiger charge is 2.21. The molecule has 0 spiro atoms. The lowest BCUT2D eigenvalue weighted by Crippen LogP contribution is -2.35. The fourth-order valence-corrected chi connectivity index (χ4v) is 2.13. The van der Waals surface area contributed by atoms with Gasteiger partial charge in [0.2, 0.25) is 5.91 Å². The Hall–Kier alpha value is -1.39. The van der Waals surface area contributed by atoms with Gasteiger partial charge in [-0.1, -0.05) is 11.6 Å². The van der Waals surface area contributed by atoms with E-state index < -0.39 is 0 Å². The predicted molar refractivity (Wildman–Crippen MR) is 66.5 cm³/mol. The Labute approximate surface area is 104 Å². The zero-order chi connectivity index (χ0) is 12.3. The van der Waals surface area contributed by atoms with Crippen LogP contribution in [0.2, 0.25) is 5.02 Å². The molecule has 1 fully saturated rings. The van der Waals surface area contributed by atoms with Crippen molar-refractivity contribution in [3.63, 3.8) is 0 Å². The molecule has 1 heterocycles. The standard InChI is InChI=1S/C12H13ClN2O2/c13-9-4-8(7-16)5-10(6-9)15-12(17)11-2-1-3-14-11/h4-7,11,14H,1-3H2,(H,15,17). The number of nitrogens with one attached hydrogen (secondary N) is 2. The predicted octanol–water partition coefficient (Wildman–Crippen LogP) is 1.84. The summed E-state index contributed by atoms with van der Waals surface area (Å²) in [7, 11) is 0. The van der Waals surface area contributed by atoms with E-state index in [0.29, 0.717) is 22.6 Å². The van der Waals surface area contributed by atoms with Crippen molar-refractivity contribution in [2.45, 2.75) is 18.9 Å². The van der Waals surface area contributed by atoms with Gasteiger partial charge in [0.25, 0.3) is 0 Å². The maximum absolute atomic E-state index is 11.8. The number of aldehydes is 1. The van der Waals surface area contributed by atoms with Crippen LogP contribution in [0.15, 0.2) is 18.2 Å². The lowest BCUT2D eigenvalue weighted by Gasteiger charge is -2.11. The topological polar surface area (TPSA) is 58.2 Å². The second kappa shape index (κ2) is 5.29. The van der Waals surface area contributed by atoms with E-state index in [1.54, 1.807) is 18.2 Å². The molecule has 0 saturated carbocycles. The molecule has 0 aliphatic carbocycles. The van der Waals surface area contributed by atoms with Crippen LogP contribution < -0.4 is 10.6 Å². The molecule has 17 heavy (non-hydrogen) atoms. The molecule has 1 aliphatic heterocycles. The van der Waals surface area contributed by atoms with Crippen molar-refractivity contribution in [1.29, 1.82) is 0 Å². The van der Waals surface area contributed by atoms with Crippen molar-refractivity contribution in [3.05, 3.63) is 28.8 Å². The van der Waals surface area contributed by atoms with Crippen LogP contribution >= 0.6 is 11.6 Å². The zero-order valence-electron chi connectivity index (χ0n) is 9.20. The number of benzene rings is 1. The van der Waals surface area contributed by atoms with Crippen LogP contribution in [0, 0.1) is 0 Å². The van der Waals surface area contributed by atoms with Crippen LogP contribution in [0.4, 0.5) is 5.69 Å². The van der Waals surface area contributed by atoms with Crippen LogP contribution in [0.1, 0.15) is 23.2 Å². The molecule has 0 radical (unpaired) electrons. The lowest BCUT2D eigenvalue weighted by atomic mass is 10.2. The maximum atomic E-state index is 11.8. The first kappa shape index (κ1) is 12.1. The summed E-state index contributed by atoms with van der Waals surface area (Å²) in [5, 5.41) is 6.29. The number of halogens is 1. The summed E-state index contributed by atoms with van der Waals surface area (Å²) in [5.41, 5.74) is 1.01. The highest BCUT2D eigenvalue weighted by Crippen LogP contribution is 2.19. The van der Waals surface area contributed by atoms with Gasteiger partial charge >= 0.3 is 0 Å². The molecule has 1 atom stereocenters. The summed E-state index contributed by atoms with van der Waals surface area (Å²) < 4.78 is 0. The van der Waals surface area contributed by atoms with Crippen LogP contribution in [0.25, 0.3) is 0 Å². The van der Waals surface area contributed by atoms with Crippen molar-refractivity contribution in [1.82, 2.24) is 5.32 Å². The molecular weight excluding hydrogens is 240 g/mol. The lowest BCUT2D eigenvalue weighted by molar-refractivity contribution is -0.117. The molecule has 4 nitrogen and oxygen atoms in total. The molecule has 5 heteroatoms. The second-order valence-corrected chi connectivity index (χ2v) is 4.47. The summed E-state index contributed by atoms with van der Waals surface area (Å²) >= 11 is 5.85. The molecule has 2 rings (SSSR count). The molecule has 1 aromatic rings. The summed E-state index contributed by atoms with van der Waals surface area (Å²) in [6.07, 6.45) is 2.55. The maximum Gasteiger partial charge on any atom is 0.241 e. The average molecular weight is 253 g/mol. The van der Waals surface area contributed by atoms with Gasteiger partial charge in [0, 0.05) is 16.3 Å². The van der Waals surface area contributed by atoms with E-state index >= 15 is 0 Å². The number of rotatable bonds is 3. The van der Waals surface area contributed by atoms with Crippen molar-refractivity contribution in [2.75, 3.05) is 11.9 Å². The molecule has 0 aromatic heterocycles. The number of carbonyl (C=O) groups is 2. The van der Waals surface area contributed by atoms with Gasteiger partial charge in [0.15, 0.2) is 0 Å². The first-order chi connectivity index (χ1) is 8.19. The van der Waals surface area contributed by atoms with Gasteiger partial charge in [-0.05, 0) is 37.6 Å². The monoisotopic (exact) mass is 252 g/mol. The molecule has 1 aromatic carbocycles. The fraction of sp³-hybridized carbons (Fsp3) is 0.333. The van der Waals surface area contributed by atoms with E-state index in [0.717, 1.165) is 19.4 Å². The first-order valence-corrected chi connectivity index (χ1v) is 5.87. The number of hydrogen-bond donors (Lipinski definition) is 2. The molecule has 1 unspecified atom stereocenters. The summed E-state index contributed by atoms with van der Waals surface area (Å²) in [6.45, 7) is 0.868. The van der Waals surface area contributed by atoms with Crippen molar-refractivity contribution >= 4 is 29.5 Å². The second-order valence-electron chi connectivity index (χ2n) is 4.03. The van der Waals surface area contributed by atoms with Crippen molar-refractivity contribution < 1.29 is 9.59 Å².